The van der Waals surface area contributed by atoms with Crippen LogP contribution in [-0.4, -0.2) is 19.1 Å². The summed E-state index contributed by atoms with van der Waals surface area (Å²) in [5.74, 6) is 3.55. The molecule has 2 nitrogen and oxygen atoms in total. The second-order valence-corrected chi connectivity index (χ2v) is 7.11. The van der Waals surface area contributed by atoms with Crippen molar-refractivity contribution in [3.05, 3.63) is 0 Å². The second kappa shape index (κ2) is 6.38. The van der Waals surface area contributed by atoms with Crippen LogP contribution in [0.1, 0.15) is 58.8 Å². The van der Waals surface area contributed by atoms with E-state index in [0.29, 0.717) is 6.04 Å². The fourth-order valence-electron chi connectivity index (χ4n) is 4.37. The van der Waals surface area contributed by atoms with Crippen LogP contribution in [0.25, 0.3) is 0 Å². The Morgan fingerprint density at radius 2 is 1.56 bits per heavy atom. The second-order valence-electron chi connectivity index (χ2n) is 7.11. The summed E-state index contributed by atoms with van der Waals surface area (Å²) >= 11 is 0. The van der Waals surface area contributed by atoms with Crippen molar-refractivity contribution in [2.24, 2.45) is 29.4 Å². The molecule has 6 unspecified atom stereocenters. The molecular formula is C16H32N2. The molecule has 106 valence electrons. The first-order valence-electron chi connectivity index (χ1n) is 8.03. The van der Waals surface area contributed by atoms with Crippen molar-refractivity contribution in [3.8, 4) is 0 Å². The molecular weight excluding hydrogens is 220 g/mol. The minimum absolute atomic E-state index is 0.472. The predicted molar refractivity (Wildman–Crippen MR) is 78.5 cm³/mol. The van der Waals surface area contributed by atoms with Crippen molar-refractivity contribution in [2.45, 2.75) is 70.9 Å². The minimum Gasteiger partial charge on any atom is -0.327 e. The van der Waals surface area contributed by atoms with Crippen LogP contribution in [0.4, 0.5) is 0 Å². The van der Waals surface area contributed by atoms with Crippen LogP contribution in [0.15, 0.2) is 0 Å². The third-order valence-electron chi connectivity index (χ3n) is 5.66. The van der Waals surface area contributed by atoms with E-state index in [2.05, 4.69) is 26.2 Å². The summed E-state index contributed by atoms with van der Waals surface area (Å²) in [6.45, 7) is 4.77. The number of rotatable bonds is 3. The molecule has 0 amide bonds. The molecule has 2 saturated carbocycles. The largest absolute Gasteiger partial charge is 0.327 e. The topological polar surface area (TPSA) is 38.0 Å². The maximum absolute atomic E-state index is 6.12. The molecule has 18 heavy (non-hydrogen) atoms. The Bertz CT molecular complexity index is 253. The maximum Gasteiger partial charge on any atom is 0.00898 e. The van der Waals surface area contributed by atoms with E-state index >= 15 is 0 Å². The summed E-state index contributed by atoms with van der Waals surface area (Å²) in [7, 11) is 2.12. The molecule has 0 heterocycles. The standard InChI is InChI=1S/C16H32N2/c1-11-8-13(4-6-15(11)17)10-14-5-7-16(18-3)12(2)9-14/h11-16,18H,4-10,17H2,1-3H3. The third kappa shape index (κ3) is 3.48. The van der Waals surface area contributed by atoms with Crippen LogP contribution < -0.4 is 11.1 Å². The lowest BCUT2D eigenvalue weighted by Gasteiger charge is -2.38. The summed E-state index contributed by atoms with van der Waals surface area (Å²) in [5, 5.41) is 3.47. The van der Waals surface area contributed by atoms with Gasteiger partial charge in [-0.15, -0.1) is 0 Å². The Morgan fingerprint density at radius 3 is 2.11 bits per heavy atom. The van der Waals surface area contributed by atoms with E-state index in [4.69, 9.17) is 5.73 Å². The highest BCUT2D eigenvalue weighted by atomic mass is 14.9. The van der Waals surface area contributed by atoms with Crippen LogP contribution in [0.3, 0.4) is 0 Å². The number of nitrogens with one attached hydrogen (secondary N) is 1. The van der Waals surface area contributed by atoms with Crippen molar-refractivity contribution in [2.75, 3.05) is 7.05 Å². The number of hydrogen-bond donors (Lipinski definition) is 2. The SMILES string of the molecule is CNC1CCC(CC2CCC(N)C(C)C2)CC1C. The molecule has 0 aromatic carbocycles. The molecule has 0 saturated heterocycles. The molecule has 3 N–H and O–H groups in total. The van der Waals surface area contributed by atoms with Gasteiger partial charge < -0.3 is 11.1 Å². The average Bonchev–Trinajstić information content (AvgIpc) is 2.34. The van der Waals surface area contributed by atoms with Gasteiger partial charge in [0.25, 0.3) is 0 Å². The molecule has 0 spiro atoms. The van der Waals surface area contributed by atoms with Crippen molar-refractivity contribution >= 4 is 0 Å². The number of hydrogen-bond acceptors (Lipinski definition) is 2. The van der Waals surface area contributed by atoms with Crippen LogP contribution >= 0.6 is 0 Å². The van der Waals surface area contributed by atoms with E-state index in [1.165, 1.54) is 44.9 Å². The number of nitrogens with two attached hydrogens (primary N) is 1. The van der Waals surface area contributed by atoms with Crippen molar-refractivity contribution in [1.82, 2.24) is 5.32 Å². The smallest absolute Gasteiger partial charge is 0.00898 e. The first-order valence-corrected chi connectivity index (χ1v) is 8.03. The fourth-order valence-corrected chi connectivity index (χ4v) is 4.37. The summed E-state index contributed by atoms with van der Waals surface area (Å²) in [4.78, 5) is 0. The minimum atomic E-state index is 0.472. The van der Waals surface area contributed by atoms with E-state index in [-0.39, 0.29) is 0 Å². The molecule has 2 rings (SSSR count). The van der Waals surface area contributed by atoms with Gasteiger partial charge in [0.15, 0.2) is 0 Å². The van der Waals surface area contributed by atoms with Gasteiger partial charge in [-0.25, -0.2) is 0 Å². The molecule has 0 aliphatic heterocycles. The lowest BCUT2D eigenvalue weighted by molar-refractivity contribution is 0.160. The van der Waals surface area contributed by atoms with Gasteiger partial charge in [-0.1, -0.05) is 13.8 Å². The van der Waals surface area contributed by atoms with E-state index in [1.807, 2.05) is 0 Å². The molecule has 2 aliphatic carbocycles. The lowest BCUT2D eigenvalue weighted by atomic mass is 9.71. The van der Waals surface area contributed by atoms with Gasteiger partial charge in [0.1, 0.15) is 0 Å². The van der Waals surface area contributed by atoms with E-state index in [1.54, 1.807) is 0 Å². The van der Waals surface area contributed by atoms with Crippen LogP contribution in [0.5, 0.6) is 0 Å². The summed E-state index contributed by atoms with van der Waals surface area (Å²) in [6, 6.07) is 1.24. The van der Waals surface area contributed by atoms with Crippen LogP contribution in [0.2, 0.25) is 0 Å². The van der Waals surface area contributed by atoms with Gasteiger partial charge in [0.2, 0.25) is 0 Å². The van der Waals surface area contributed by atoms with Crippen molar-refractivity contribution < 1.29 is 0 Å². The zero-order valence-electron chi connectivity index (χ0n) is 12.5. The average molecular weight is 252 g/mol. The van der Waals surface area contributed by atoms with Gasteiger partial charge in [0, 0.05) is 12.1 Å². The highest BCUT2D eigenvalue weighted by Gasteiger charge is 2.31. The summed E-state index contributed by atoms with van der Waals surface area (Å²) < 4.78 is 0. The molecule has 2 aliphatic rings. The first kappa shape index (κ1) is 14.3. The van der Waals surface area contributed by atoms with Gasteiger partial charge in [-0.2, -0.15) is 0 Å². The zero-order valence-corrected chi connectivity index (χ0v) is 12.5. The third-order valence-corrected chi connectivity index (χ3v) is 5.66. The highest BCUT2D eigenvalue weighted by Crippen LogP contribution is 2.38. The fraction of sp³-hybridized carbons (Fsp3) is 1.00. The van der Waals surface area contributed by atoms with Gasteiger partial charge in [-0.05, 0) is 75.7 Å². The van der Waals surface area contributed by atoms with Gasteiger partial charge in [0.05, 0.1) is 0 Å². The molecule has 6 atom stereocenters. The molecule has 0 aromatic rings. The first-order chi connectivity index (χ1) is 8.60. The Morgan fingerprint density at radius 1 is 0.944 bits per heavy atom. The van der Waals surface area contributed by atoms with E-state index < -0.39 is 0 Å². The Labute approximate surface area is 113 Å². The Balaban J connectivity index is 1.77. The molecule has 2 fully saturated rings. The molecule has 0 aromatic heterocycles. The van der Waals surface area contributed by atoms with Crippen LogP contribution in [-0.2, 0) is 0 Å². The maximum atomic E-state index is 6.12. The molecule has 0 radical (unpaired) electrons. The van der Waals surface area contributed by atoms with Gasteiger partial charge >= 0.3 is 0 Å². The normalized spacial score (nSPS) is 46.0. The Hall–Kier alpha value is -0.0800. The highest BCUT2D eigenvalue weighted by molar-refractivity contribution is 4.85. The zero-order chi connectivity index (χ0) is 13.1. The van der Waals surface area contributed by atoms with Crippen LogP contribution in [0, 0.1) is 23.7 Å². The summed E-state index contributed by atoms with van der Waals surface area (Å²) in [5.41, 5.74) is 6.12. The Kier molecular flexibility index (Phi) is 5.08. The molecule has 0 bridgehead atoms. The van der Waals surface area contributed by atoms with Gasteiger partial charge in [-0.3, -0.25) is 0 Å². The predicted octanol–water partition coefficient (Wildman–Crippen LogP) is 3.16. The monoisotopic (exact) mass is 252 g/mol. The lowest BCUT2D eigenvalue weighted by Crippen LogP contribution is -2.38. The van der Waals surface area contributed by atoms with E-state index in [0.717, 1.165) is 29.7 Å². The van der Waals surface area contributed by atoms with Crippen molar-refractivity contribution in [1.29, 1.82) is 0 Å². The summed E-state index contributed by atoms with van der Waals surface area (Å²) in [6.07, 6.45) is 9.73. The van der Waals surface area contributed by atoms with Crippen molar-refractivity contribution in [3.63, 3.8) is 0 Å². The van der Waals surface area contributed by atoms with E-state index in [9.17, 15) is 0 Å². The molecule has 2 heteroatoms. The quantitative estimate of drug-likeness (QED) is 0.809.